The average molecular weight is 272 g/mol. The minimum absolute atomic E-state index is 0.152. The minimum atomic E-state index is -3.21. The van der Waals surface area contributed by atoms with Crippen molar-refractivity contribution in [3.05, 3.63) is 23.8 Å². The van der Waals surface area contributed by atoms with E-state index in [0.29, 0.717) is 17.9 Å². The molecule has 0 fully saturated rings. The lowest BCUT2D eigenvalue weighted by molar-refractivity contribution is 0.574. The van der Waals surface area contributed by atoms with E-state index in [4.69, 9.17) is 0 Å². The molecule has 0 radical (unpaired) electrons. The fourth-order valence-electron chi connectivity index (χ4n) is 1.45. The van der Waals surface area contributed by atoms with Gasteiger partial charge >= 0.3 is 0 Å². The molecule has 6 nitrogen and oxygen atoms in total. The quantitative estimate of drug-likeness (QED) is 0.661. The normalized spacial score (nSPS) is 11.7. The van der Waals surface area contributed by atoms with Gasteiger partial charge in [-0.2, -0.15) is 0 Å². The summed E-state index contributed by atoms with van der Waals surface area (Å²) in [6.45, 7) is 2.83. The summed E-state index contributed by atoms with van der Waals surface area (Å²) in [6, 6.07) is 1.70. The summed E-state index contributed by atoms with van der Waals surface area (Å²) in [5, 5.41) is 2.99. The van der Waals surface area contributed by atoms with Crippen molar-refractivity contribution in [2.24, 2.45) is 0 Å². The second-order valence-electron chi connectivity index (χ2n) is 4.05. The molecule has 102 valence electrons. The monoisotopic (exact) mass is 272 g/mol. The fraction of sp³-hybridized carbons (Fsp3) is 0.636. The number of rotatable bonds is 8. The summed E-state index contributed by atoms with van der Waals surface area (Å²) in [6.07, 6.45) is 3.13. The number of nitrogens with zero attached hydrogens (tertiary/aromatic N) is 2. The zero-order chi connectivity index (χ0) is 13.4. The molecule has 0 atom stereocenters. The zero-order valence-electron chi connectivity index (χ0n) is 10.8. The van der Waals surface area contributed by atoms with E-state index in [9.17, 15) is 8.42 Å². The summed E-state index contributed by atoms with van der Waals surface area (Å²) >= 11 is 0. The van der Waals surface area contributed by atoms with E-state index in [0.717, 1.165) is 13.0 Å². The third-order valence-electron chi connectivity index (χ3n) is 2.40. The molecule has 0 saturated heterocycles. The Bertz CT molecular complexity index is 462. The summed E-state index contributed by atoms with van der Waals surface area (Å²) in [5.41, 5.74) is 0.682. The number of sulfonamides is 1. The Hall–Kier alpha value is -1.05. The highest BCUT2D eigenvalue weighted by Gasteiger charge is 2.09. The van der Waals surface area contributed by atoms with E-state index in [2.05, 4.69) is 20.0 Å². The molecule has 1 rings (SSSR count). The van der Waals surface area contributed by atoms with Crippen molar-refractivity contribution in [1.29, 1.82) is 0 Å². The number of hydrogen-bond acceptors (Lipinski definition) is 5. The van der Waals surface area contributed by atoms with Gasteiger partial charge in [0.25, 0.3) is 0 Å². The molecule has 0 aromatic carbocycles. The molecule has 0 bridgehead atoms. The first-order chi connectivity index (χ1) is 8.53. The van der Waals surface area contributed by atoms with Crippen molar-refractivity contribution < 1.29 is 8.42 Å². The third-order valence-corrected chi connectivity index (χ3v) is 3.81. The maximum atomic E-state index is 11.7. The van der Waals surface area contributed by atoms with Gasteiger partial charge in [-0.05, 0) is 39.4 Å². The third kappa shape index (κ3) is 6.04. The van der Waals surface area contributed by atoms with Crippen LogP contribution in [0, 0.1) is 6.92 Å². The number of aromatic nitrogens is 2. The maximum absolute atomic E-state index is 11.7. The van der Waals surface area contributed by atoms with Gasteiger partial charge in [0.05, 0.1) is 18.0 Å². The van der Waals surface area contributed by atoms with E-state index in [1.54, 1.807) is 19.2 Å². The Labute approximate surface area is 108 Å². The zero-order valence-corrected chi connectivity index (χ0v) is 11.6. The molecule has 1 aromatic heterocycles. The average Bonchev–Trinajstić information content (AvgIpc) is 2.33. The van der Waals surface area contributed by atoms with Crippen LogP contribution in [0.4, 0.5) is 0 Å². The first kappa shape index (κ1) is 15.0. The van der Waals surface area contributed by atoms with Crippen molar-refractivity contribution in [1.82, 2.24) is 20.0 Å². The Morgan fingerprint density at radius 2 is 2.11 bits per heavy atom. The van der Waals surface area contributed by atoms with Crippen LogP contribution in [0.2, 0.25) is 0 Å². The number of aryl methyl sites for hydroxylation is 1. The number of nitrogens with one attached hydrogen (secondary N) is 2. The molecule has 7 heteroatoms. The molecular weight excluding hydrogens is 252 g/mol. The maximum Gasteiger partial charge on any atom is 0.211 e. The SMILES string of the molecule is CNCCCCS(=O)(=O)NCc1ccnc(C)n1. The lowest BCUT2D eigenvalue weighted by atomic mass is 10.3. The predicted molar refractivity (Wildman–Crippen MR) is 70.6 cm³/mol. The van der Waals surface area contributed by atoms with Crippen LogP contribution in [-0.2, 0) is 16.6 Å². The second kappa shape index (κ2) is 7.40. The Kier molecular flexibility index (Phi) is 6.17. The van der Waals surface area contributed by atoms with Crippen LogP contribution in [0.3, 0.4) is 0 Å². The van der Waals surface area contributed by atoms with Crippen molar-refractivity contribution in [2.75, 3.05) is 19.3 Å². The summed E-state index contributed by atoms with van der Waals surface area (Å²) in [7, 11) is -1.36. The van der Waals surface area contributed by atoms with Crippen LogP contribution < -0.4 is 10.0 Å². The van der Waals surface area contributed by atoms with Crippen LogP contribution in [0.25, 0.3) is 0 Å². The summed E-state index contributed by atoms with van der Waals surface area (Å²) in [4.78, 5) is 8.10. The number of hydrogen-bond donors (Lipinski definition) is 2. The van der Waals surface area contributed by atoms with Gasteiger partial charge in [0.2, 0.25) is 10.0 Å². The highest BCUT2D eigenvalue weighted by Crippen LogP contribution is 1.98. The van der Waals surface area contributed by atoms with E-state index >= 15 is 0 Å². The molecule has 1 heterocycles. The van der Waals surface area contributed by atoms with Crippen molar-refractivity contribution in [3.8, 4) is 0 Å². The van der Waals surface area contributed by atoms with Gasteiger partial charge < -0.3 is 5.32 Å². The van der Waals surface area contributed by atoms with Gasteiger partial charge in [-0.3, -0.25) is 0 Å². The molecule has 0 amide bonds. The standard InChI is InChI=1S/C11H20N4O2S/c1-10-13-7-5-11(15-10)9-14-18(16,17)8-4-3-6-12-2/h5,7,12,14H,3-4,6,8-9H2,1-2H3. The highest BCUT2D eigenvalue weighted by atomic mass is 32.2. The molecule has 18 heavy (non-hydrogen) atoms. The van der Waals surface area contributed by atoms with Gasteiger partial charge in [0.15, 0.2) is 0 Å². The molecule has 2 N–H and O–H groups in total. The topological polar surface area (TPSA) is 84.0 Å². The summed E-state index contributed by atoms with van der Waals surface area (Å²) < 4.78 is 25.9. The molecule has 0 saturated carbocycles. The summed E-state index contributed by atoms with van der Waals surface area (Å²) in [5.74, 6) is 0.791. The molecule has 0 spiro atoms. The van der Waals surface area contributed by atoms with Gasteiger partial charge in [-0.1, -0.05) is 0 Å². The molecule has 0 aliphatic rings. The van der Waals surface area contributed by atoms with Crippen LogP contribution in [0.1, 0.15) is 24.4 Å². The first-order valence-electron chi connectivity index (χ1n) is 5.94. The predicted octanol–water partition coefficient (Wildman–Crippen LogP) is 0.204. The highest BCUT2D eigenvalue weighted by molar-refractivity contribution is 7.89. The largest absolute Gasteiger partial charge is 0.320 e. The van der Waals surface area contributed by atoms with Crippen LogP contribution in [0.5, 0.6) is 0 Å². The molecule has 0 aliphatic heterocycles. The Balaban J connectivity index is 2.37. The minimum Gasteiger partial charge on any atom is -0.320 e. The smallest absolute Gasteiger partial charge is 0.211 e. The van der Waals surface area contributed by atoms with E-state index in [1.807, 2.05) is 7.05 Å². The van der Waals surface area contributed by atoms with E-state index in [-0.39, 0.29) is 12.3 Å². The van der Waals surface area contributed by atoms with Gasteiger partial charge in [0, 0.05) is 6.20 Å². The van der Waals surface area contributed by atoms with Crippen molar-refractivity contribution in [3.63, 3.8) is 0 Å². The Morgan fingerprint density at radius 3 is 2.78 bits per heavy atom. The van der Waals surface area contributed by atoms with E-state index in [1.165, 1.54) is 0 Å². The first-order valence-corrected chi connectivity index (χ1v) is 7.59. The van der Waals surface area contributed by atoms with Gasteiger partial charge in [0.1, 0.15) is 5.82 Å². The lowest BCUT2D eigenvalue weighted by Crippen LogP contribution is -2.26. The lowest BCUT2D eigenvalue weighted by Gasteiger charge is -2.06. The fourth-order valence-corrected chi connectivity index (χ4v) is 2.55. The molecule has 0 aliphatic carbocycles. The molecule has 1 aromatic rings. The second-order valence-corrected chi connectivity index (χ2v) is 5.97. The Morgan fingerprint density at radius 1 is 1.33 bits per heavy atom. The van der Waals surface area contributed by atoms with Gasteiger partial charge in [-0.15, -0.1) is 0 Å². The van der Waals surface area contributed by atoms with Crippen LogP contribution in [-0.4, -0.2) is 37.7 Å². The van der Waals surface area contributed by atoms with Gasteiger partial charge in [-0.25, -0.2) is 23.1 Å². The molecular formula is C11H20N4O2S. The van der Waals surface area contributed by atoms with Crippen molar-refractivity contribution >= 4 is 10.0 Å². The van der Waals surface area contributed by atoms with Crippen LogP contribution >= 0.6 is 0 Å². The van der Waals surface area contributed by atoms with Crippen LogP contribution in [0.15, 0.2) is 12.3 Å². The van der Waals surface area contributed by atoms with Crippen molar-refractivity contribution in [2.45, 2.75) is 26.3 Å². The number of unbranched alkanes of at least 4 members (excludes halogenated alkanes) is 1. The molecule has 0 unspecified atom stereocenters. The van der Waals surface area contributed by atoms with E-state index < -0.39 is 10.0 Å².